The number of carbonyl (C=O) groups is 1. The Bertz CT molecular complexity index is 445. The second-order valence-electron chi connectivity index (χ2n) is 2.61. The highest BCUT2D eigenvalue weighted by Gasteiger charge is 2.17. The molecular formula is C9H9FO4S. The van der Waals surface area contributed by atoms with Crippen LogP contribution < -0.4 is 0 Å². The maximum Gasteiger partial charge on any atom is 0.339 e. The van der Waals surface area contributed by atoms with Crippen molar-refractivity contribution >= 4 is 16.7 Å². The summed E-state index contributed by atoms with van der Waals surface area (Å²) in [6.45, 7) is 1.68. The van der Waals surface area contributed by atoms with Gasteiger partial charge in [0.05, 0.1) is 12.2 Å². The third-order valence-electron chi connectivity index (χ3n) is 1.66. The van der Waals surface area contributed by atoms with Gasteiger partial charge in [0, 0.05) is 0 Å². The Morgan fingerprint density at radius 1 is 1.47 bits per heavy atom. The maximum absolute atomic E-state index is 13.1. The van der Waals surface area contributed by atoms with E-state index < -0.39 is 27.4 Å². The van der Waals surface area contributed by atoms with E-state index in [1.165, 1.54) is 12.1 Å². The fourth-order valence-electron chi connectivity index (χ4n) is 1.07. The lowest BCUT2D eigenvalue weighted by Gasteiger charge is -2.04. The number of hydrogen-bond donors (Lipinski definition) is 1. The van der Waals surface area contributed by atoms with Crippen molar-refractivity contribution in [2.75, 3.05) is 6.61 Å². The second kappa shape index (κ2) is 4.88. The van der Waals surface area contributed by atoms with Crippen LogP contribution in [-0.2, 0) is 15.4 Å². The predicted molar refractivity (Wildman–Crippen MR) is 50.9 cm³/mol. The summed E-state index contributed by atoms with van der Waals surface area (Å²) in [5.41, 5.74) is -0.270. The van der Waals surface area contributed by atoms with Gasteiger partial charge in [-0.2, -0.15) is 0 Å². The summed E-state index contributed by atoms with van der Waals surface area (Å²) in [6, 6.07) is 3.44. The number of carbonyl (C=O) groups excluding carboxylic acids is 1. The van der Waals surface area contributed by atoms with Gasteiger partial charge in [-0.1, -0.05) is 6.07 Å². The lowest BCUT2D eigenvalue weighted by molar-refractivity contribution is 0.0521. The minimum atomic E-state index is -3.16. The number of ether oxygens (including phenoxy) is 1. The first-order valence-electron chi connectivity index (χ1n) is 4.18. The van der Waals surface area contributed by atoms with Gasteiger partial charge in [0.25, 0.3) is 0 Å². The minimum Gasteiger partial charge on any atom is -0.462 e. The molecule has 0 aliphatic rings. The molecule has 0 spiro atoms. The van der Waals surface area contributed by atoms with Crippen molar-refractivity contribution in [2.45, 2.75) is 11.8 Å². The lowest BCUT2D eigenvalue weighted by atomic mass is 10.2. The Hall–Kier alpha value is -1.43. The van der Waals surface area contributed by atoms with Crippen molar-refractivity contribution < 1.29 is 22.3 Å². The number of thiol groups is 1. The molecule has 0 atom stereocenters. The van der Waals surface area contributed by atoms with Crippen molar-refractivity contribution in [3.63, 3.8) is 0 Å². The first-order valence-corrected chi connectivity index (χ1v) is 5.35. The molecule has 1 rings (SSSR count). The van der Waals surface area contributed by atoms with E-state index in [1.807, 2.05) is 0 Å². The van der Waals surface area contributed by atoms with E-state index in [0.29, 0.717) is 0 Å². The summed E-state index contributed by atoms with van der Waals surface area (Å²) >= 11 is 0. The van der Waals surface area contributed by atoms with Gasteiger partial charge in [0.1, 0.15) is 10.7 Å². The Morgan fingerprint density at radius 3 is 2.67 bits per heavy atom. The SMILES string of the molecule is CCOC(=O)c1cccc(F)c1[SH](=O)=O. The van der Waals surface area contributed by atoms with E-state index in [9.17, 15) is 17.6 Å². The number of hydrogen-bond acceptors (Lipinski definition) is 4. The van der Waals surface area contributed by atoms with Gasteiger partial charge in [-0.3, -0.25) is 0 Å². The molecule has 0 radical (unpaired) electrons. The zero-order valence-corrected chi connectivity index (χ0v) is 8.79. The van der Waals surface area contributed by atoms with Crippen LogP contribution in [0.15, 0.2) is 23.1 Å². The monoisotopic (exact) mass is 232 g/mol. The molecule has 1 aromatic rings. The number of halogens is 1. The Labute approximate surface area is 87.6 Å². The first kappa shape index (κ1) is 11.6. The molecule has 0 aliphatic carbocycles. The molecule has 0 amide bonds. The Morgan fingerprint density at radius 2 is 2.13 bits per heavy atom. The molecule has 15 heavy (non-hydrogen) atoms. The molecule has 6 heteroatoms. The van der Waals surface area contributed by atoms with E-state index in [1.54, 1.807) is 6.92 Å². The van der Waals surface area contributed by atoms with Gasteiger partial charge < -0.3 is 4.74 Å². The third-order valence-corrected chi connectivity index (χ3v) is 2.48. The van der Waals surface area contributed by atoms with Crippen LogP contribution in [0.3, 0.4) is 0 Å². The molecule has 0 saturated carbocycles. The molecule has 0 unspecified atom stereocenters. The quantitative estimate of drug-likeness (QED) is 0.623. The fraction of sp³-hybridized carbons (Fsp3) is 0.222. The molecule has 0 aromatic heterocycles. The average Bonchev–Trinajstić information content (AvgIpc) is 2.17. The number of benzene rings is 1. The normalized spacial score (nSPS) is 10.3. The summed E-state index contributed by atoms with van der Waals surface area (Å²) < 4.78 is 39.2. The zero-order valence-electron chi connectivity index (χ0n) is 7.90. The minimum absolute atomic E-state index is 0.102. The van der Waals surface area contributed by atoms with E-state index in [4.69, 9.17) is 0 Å². The van der Waals surface area contributed by atoms with Crippen molar-refractivity contribution in [1.82, 2.24) is 0 Å². The van der Waals surface area contributed by atoms with Crippen LogP contribution >= 0.6 is 0 Å². The largest absolute Gasteiger partial charge is 0.462 e. The highest BCUT2D eigenvalue weighted by molar-refractivity contribution is 7.72. The van der Waals surface area contributed by atoms with Crippen molar-refractivity contribution in [1.29, 1.82) is 0 Å². The molecule has 0 fully saturated rings. The highest BCUT2D eigenvalue weighted by atomic mass is 32.2. The smallest absolute Gasteiger partial charge is 0.339 e. The van der Waals surface area contributed by atoms with Crippen molar-refractivity contribution in [2.24, 2.45) is 0 Å². The van der Waals surface area contributed by atoms with Crippen molar-refractivity contribution in [3.05, 3.63) is 29.6 Å². The van der Waals surface area contributed by atoms with Gasteiger partial charge >= 0.3 is 5.97 Å². The molecule has 1 aromatic carbocycles. The molecule has 0 bridgehead atoms. The molecule has 0 heterocycles. The van der Waals surface area contributed by atoms with Gasteiger partial charge in [-0.25, -0.2) is 17.6 Å². The molecule has 82 valence electrons. The molecule has 0 N–H and O–H groups in total. The van der Waals surface area contributed by atoms with Crippen LogP contribution in [0.4, 0.5) is 4.39 Å². The van der Waals surface area contributed by atoms with E-state index in [-0.39, 0.29) is 12.2 Å². The van der Waals surface area contributed by atoms with E-state index in [0.717, 1.165) is 6.07 Å². The first-order chi connectivity index (χ1) is 7.07. The summed E-state index contributed by atoms with van der Waals surface area (Å²) in [4.78, 5) is 10.6. The summed E-state index contributed by atoms with van der Waals surface area (Å²) in [7, 11) is -3.16. The molecule has 0 saturated heterocycles. The molecule has 4 nitrogen and oxygen atoms in total. The summed E-state index contributed by atoms with van der Waals surface area (Å²) in [5, 5.41) is 0. The Kier molecular flexibility index (Phi) is 3.79. The highest BCUT2D eigenvalue weighted by Crippen LogP contribution is 2.16. The van der Waals surface area contributed by atoms with Crippen molar-refractivity contribution in [3.8, 4) is 0 Å². The van der Waals surface area contributed by atoms with Crippen LogP contribution in [0, 0.1) is 5.82 Å². The number of esters is 1. The maximum atomic E-state index is 13.1. The van der Waals surface area contributed by atoms with E-state index in [2.05, 4.69) is 4.74 Å². The van der Waals surface area contributed by atoms with Gasteiger partial charge in [0.2, 0.25) is 0 Å². The number of rotatable bonds is 3. The Balaban J connectivity index is 3.29. The van der Waals surface area contributed by atoms with E-state index >= 15 is 0 Å². The lowest BCUT2D eigenvalue weighted by Crippen LogP contribution is -2.08. The van der Waals surface area contributed by atoms with Gasteiger partial charge in [-0.05, 0) is 19.1 Å². The second-order valence-corrected chi connectivity index (χ2v) is 3.58. The van der Waals surface area contributed by atoms with Crippen LogP contribution in [0.5, 0.6) is 0 Å². The fourth-order valence-corrected chi connectivity index (χ4v) is 1.69. The summed E-state index contributed by atoms with van der Waals surface area (Å²) in [6.07, 6.45) is 0. The van der Waals surface area contributed by atoms with Crippen LogP contribution in [0.2, 0.25) is 0 Å². The molecular weight excluding hydrogens is 223 g/mol. The summed E-state index contributed by atoms with van der Waals surface area (Å²) in [5.74, 6) is -1.79. The average molecular weight is 232 g/mol. The predicted octanol–water partition coefficient (Wildman–Crippen LogP) is 0.973. The molecule has 0 aliphatic heterocycles. The zero-order chi connectivity index (χ0) is 11.4. The third kappa shape index (κ3) is 2.53. The van der Waals surface area contributed by atoms with Gasteiger partial charge in [-0.15, -0.1) is 0 Å². The topological polar surface area (TPSA) is 60.4 Å². The van der Waals surface area contributed by atoms with Crippen LogP contribution in [-0.4, -0.2) is 21.0 Å². The van der Waals surface area contributed by atoms with Crippen LogP contribution in [0.25, 0.3) is 0 Å². The van der Waals surface area contributed by atoms with Gasteiger partial charge in [0.15, 0.2) is 10.7 Å². The van der Waals surface area contributed by atoms with Crippen LogP contribution in [0.1, 0.15) is 17.3 Å². The standard InChI is InChI=1S/C9H9FO4S/c1-2-14-9(11)6-4-3-5-7(10)8(6)15(12)13/h3-5,15H,2H2,1H3.